The lowest BCUT2D eigenvalue weighted by Gasteiger charge is -2.22. The van der Waals surface area contributed by atoms with Gasteiger partial charge >= 0.3 is 6.03 Å². The van der Waals surface area contributed by atoms with E-state index in [9.17, 15) is 4.79 Å². The summed E-state index contributed by atoms with van der Waals surface area (Å²) >= 11 is 0. The molecule has 22 heavy (non-hydrogen) atoms. The quantitative estimate of drug-likeness (QED) is 0.926. The van der Waals surface area contributed by atoms with Gasteiger partial charge < -0.3 is 14.6 Å². The number of carbonyl (C=O) groups excluding carboxylic acids is 1. The number of hydrogen-bond donors (Lipinski definition) is 1. The van der Waals surface area contributed by atoms with Gasteiger partial charge in [0.05, 0.1) is 12.2 Å². The van der Waals surface area contributed by atoms with Crippen molar-refractivity contribution in [3.63, 3.8) is 0 Å². The SMILES string of the molecule is Cc1cccc2nc(CNC(=O)N3CC4C(C3)C4(C)C)cn12. The van der Waals surface area contributed by atoms with E-state index in [4.69, 9.17) is 0 Å². The maximum atomic E-state index is 12.3. The van der Waals surface area contributed by atoms with Crippen molar-refractivity contribution >= 4 is 11.7 Å². The Labute approximate surface area is 130 Å². The lowest BCUT2D eigenvalue weighted by molar-refractivity contribution is 0.195. The molecular weight excluding hydrogens is 276 g/mol. The predicted octanol–water partition coefficient (Wildman–Crippen LogP) is 2.44. The predicted molar refractivity (Wildman–Crippen MR) is 84.5 cm³/mol. The first-order valence-corrected chi connectivity index (χ1v) is 7.93. The average molecular weight is 298 g/mol. The molecule has 2 fully saturated rings. The highest BCUT2D eigenvalue weighted by atomic mass is 16.2. The average Bonchev–Trinajstić information content (AvgIpc) is 2.94. The number of fused-ring (bicyclic) bond motifs is 2. The van der Waals surface area contributed by atoms with Gasteiger partial charge in [-0.3, -0.25) is 0 Å². The summed E-state index contributed by atoms with van der Waals surface area (Å²) < 4.78 is 2.05. The van der Waals surface area contributed by atoms with Gasteiger partial charge in [0.2, 0.25) is 0 Å². The number of nitrogens with one attached hydrogen (secondary N) is 1. The van der Waals surface area contributed by atoms with Crippen LogP contribution in [0.1, 0.15) is 25.2 Å². The van der Waals surface area contributed by atoms with Crippen LogP contribution in [0, 0.1) is 24.2 Å². The minimum Gasteiger partial charge on any atom is -0.332 e. The van der Waals surface area contributed by atoms with E-state index in [0.717, 1.165) is 30.1 Å². The van der Waals surface area contributed by atoms with Crippen molar-refractivity contribution in [1.29, 1.82) is 0 Å². The second kappa shape index (κ2) is 4.48. The van der Waals surface area contributed by atoms with Crippen LogP contribution in [0.4, 0.5) is 4.79 Å². The number of carbonyl (C=O) groups is 1. The number of imidazole rings is 1. The number of rotatable bonds is 2. The molecule has 0 bridgehead atoms. The number of aromatic nitrogens is 2. The number of likely N-dealkylation sites (tertiary alicyclic amines) is 1. The summed E-state index contributed by atoms with van der Waals surface area (Å²) in [4.78, 5) is 18.8. The van der Waals surface area contributed by atoms with E-state index in [0.29, 0.717) is 23.8 Å². The normalized spacial score (nSPS) is 25.3. The van der Waals surface area contributed by atoms with Crippen LogP contribution in [0.5, 0.6) is 0 Å². The van der Waals surface area contributed by atoms with Gasteiger partial charge in [-0.05, 0) is 36.3 Å². The van der Waals surface area contributed by atoms with Gasteiger partial charge in [-0.25, -0.2) is 9.78 Å². The van der Waals surface area contributed by atoms with Crippen LogP contribution in [0.2, 0.25) is 0 Å². The Balaban J connectivity index is 1.38. The monoisotopic (exact) mass is 298 g/mol. The molecule has 2 amide bonds. The Morgan fingerprint density at radius 3 is 2.77 bits per heavy atom. The van der Waals surface area contributed by atoms with Crippen LogP contribution in [-0.4, -0.2) is 33.4 Å². The summed E-state index contributed by atoms with van der Waals surface area (Å²) in [7, 11) is 0. The lowest BCUT2D eigenvalue weighted by atomic mass is 10.1. The van der Waals surface area contributed by atoms with Crippen LogP contribution >= 0.6 is 0 Å². The van der Waals surface area contributed by atoms with Crippen LogP contribution in [0.3, 0.4) is 0 Å². The van der Waals surface area contributed by atoms with Crippen molar-refractivity contribution in [3.8, 4) is 0 Å². The summed E-state index contributed by atoms with van der Waals surface area (Å²) in [5, 5.41) is 3.00. The van der Waals surface area contributed by atoms with Crippen molar-refractivity contribution in [2.24, 2.45) is 17.3 Å². The van der Waals surface area contributed by atoms with Gasteiger partial charge in [-0.2, -0.15) is 0 Å². The summed E-state index contributed by atoms with van der Waals surface area (Å²) in [5.41, 5.74) is 3.40. The summed E-state index contributed by atoms with van der Waals surface area (Å²) in [6.07, 6.45) is 2.00. The van der Waals surface area contributed by atoms with Crippen LogP contribution < -0.4 is 5.32 Å². The Kier molecular flexibility index (Phi) is 2.77. The molecule has 1 saturated carbocycles. The highest BCUT2D eigenvalue weighted by Crippen LogP contribution is 2.61. The molecule has 0 spiro atoms. The first-order valence-electron chi connectivity index (χ1n) is 7.93. The van der Waals surface area contributed by atoms with E-state index < -0.39 is 0 Å². The first-order chi connectivity index (χ1) is 10.5. The lowest BCUT2D eigenvalue weighted by Crippen LogP contribution is -2.40. The van der Waals surface area contributed by atoms with Crippen LogP contribution in [0.25, 0.3) is 5.65 Å². The zero-order chi connectivity index (χ0) is 15.5. The molecule has 2 aromatic heterocycles. The minimum absolute atomic E-state index is 0.0387. The first kappa shape index (κ1) is 13.6. The molecule has 5 nitrogen and oxygen atoms in total. The molecule has 1 N–H and O–H groups in total. The van der Waals surface area contributed by atoms with Crippen molar-refractivity contribution in [3.05, 3.63) is 35.8 Å². The maximum absolute atomic E-state index is 12.3. The van der Waals surface area contributed by atoms with E-state index >= 15 is 0 Å². The number of amides is 2. The largest absolute Gasteiger partial charge is 0.332 e. The molecule has 1 saturated heterocycles. The smallest absolute Gasteiger partial charge is 0.317 e. The molecule has 5 heteroatoms. The van der Waals surface area contributed by atoms with Gasteiger partial charge in [0.25, 0.3) is 0 Å². The number of piperidine rings is 1. The highest BCUT2D eigenvalue weighted by Gasteiger charge is 2.62. The third kappa shape index (κ3) is 1.99. The van der Waals surface area contributed by atoms with E-state index in [1.165, 1.54) is 0 Å². The molecule has 1 aliphatic carbocycles. The van der Waals surface area contributed by atoms with Crippen LogP contribution in [0.15, 0.2) is 24.4 Å². The van der Waals surface area contributed by atoms with Gasteiger partial charge in [0.1, 0.15) is 5.65 Å². The molecule has 2 aliphatic rings. The minimum atomic E-state index is 0.0387. The molecule has 1 aliphatic heterocycles. The van der Waals surface area contributed by atoms with Gasteiger partial charge in [0.15, 0.2) is 0 Å². The molecule has 116 valence electrons. The van der Waals surface area contributed by atoms with Gasteiger partial charge in [-0.1, -0.05) is 19.9 Å². The van der Waals surface area contributed by atoms with Crippen LogP contribution in [-0.2, 0) is 6.54 Å². The Bertz CT molecular complexity index is 734. The summed E-state index contributed by atoms with van der Waals surface area (Å²) in [5.74, 6) is 1.38. The summed E-state index contributed by atoms with van der Waals surface area (Å²) in [6.45, 7) is 8.93. The highest BCUT2D eigenvalue weighted by molar-refractivity contribution is 5.74. The zero-order valence-corrected chi connectivity index (χ0v) is 13.3. The standard InChI is InChI=1S/C17H22N4O/c1-11-5-4-6-15-19-12(8-21(11)15)7-18-16(22)20-9-13-14(10-20)17(13,2)3/h4-6,8,13-14H,7,9-10H2,1-3H3,(H,18,22). The zero-order valence-electron chi connectivity index (χ0n) is 13.3. The number of pyridine rings is 1. The van der Waals surface area contributed by atoms with E-state index in [2.05, 4.69) is 41.5 Å². The van der Waals surface area contributed by atoms with Crippen molar-refractivity contribution in [2.45, 2.75) is 27.3 Å². The van der Waals surface area contributed by atoms with Crippen molar-refractivity contribution in [2.75, 3.05) is 13.1 Å². The molecular formula is C17H22N4O. The van der Waals surface area contributed by atoms with E-state index in [1.807, 2.05) is 23.2 Å². The fourth-order valence-corrected chi connectivity index (χ4v) is 3.86. The number of urea groups is 1. The fourth-order valence-electron chi connectivity index (χ4n) is 3.86. The van der Waals surface area contributed by atoms with Crippen molar-refractivity contribution < 1.29 is 4.79 Å². The van der Waals surface area contributed by atoms with E-state index in [1.54, 1.807) is 0 Å². The molecule has 4 rings (SSSR count). The fraction of sp³-hybridized carbons (Fsp3) is 0.529. The van der Waals surface area contributed by atoms with Gasteiger partial charge in [0, 0.05) is 25.0 Å². The second-order valence-corrected chi connectivity index (χ2v) is 7.23. The Morgan fingerprint density at radius 2 is 2.09 bits per heavy atom. The van der Waals surface area contributed by atoms with Gasteiger partial charge in [-0.15, -0.1) is 0 Å². The Morgan fingerprint density at radius 1 is 1.36 bits per heavy atom. The molecule has 2 atom stereocenters. The molecule has 0 radical (unpaired) electrons. The molecule has 2 aromatic rings. The maximum Gasteiger partial charge on any atom is 0.317 e. The molecule has 0 aromatic carbocycles. The molecule has 2 unspecified atom stereocenters. The molecule has 3 heterocycles. The number of aryl methyl sites for hydroxylation is 1. The van der Waals surface area contributed by atoms with Crippen molar-refractivity contribution in [1.82, 2.24) is 19.6 Å². The topological polar surface area (TPSA) is 49.6 Å². The Hall–Kier alpha value is -2.04. The number of nitrogens with zero attached hydrogens (tertiary/aromatic N) is 3. The second-order valence-electron chi connectivity index (χ2n) is 7.23. The summed E-state index contributed by atoms with van der Waals surface area (Å²) in [6, 6.07) is 6.07. The number of hydrogen-bond acceptors (Lipinski definition) is 2. The third-order valence-electron chi connectivity index (χ3n) is 5.58. The van der Waals surface area contributed by atoms with E-state index in [-0.39, 0.29) is 6.03 Å². The third-order valence-corrected chi connectivity index (χ3v) is 5.58.